The Morgan fingerprint density at radius 3 is 2.36 bits per heavy atom. The van der Waals surface area contributed by atoms with Gasteiger partial charge in [0.15, 0.2) is 11.8 Å². The number of hydrogen-bond donors (Lipinski definition) is 0. The van der Waals surface area contributed by atoms with E-state index in [-0.39, 0.29) is 5.91 Å². The van der Waals surface area contributed by atoms with Crippen molar-refractivity contribution in [3.05, 3.63) is 71.9 Å². The summed E-state index contributed by atoms with van der Waals surface area (Å²) in [6.07, 6.45) is 1.06. The van der Waals surface area contributed by atoms with Crippen LogP contribution in [0.3, 0.4) is 0 Å². The molecule has 4 aromatic rings. The van der Waals surface area contributed by atoms with E-state index < -0.39 is 12.1 Å². The van der Waals surface area contributed by atoms with E-state index in [4.69, 9.17) is 19.6 Å². The van der Waals surface area contributed by atoms with Gasteiger partial charge in [0.25, 0.3) is 5.91 Å². The molecule has 8 nitrogen and oxygen atoms in total. The Bertz CT molecular complexity index is 1410. The number of carbonyl (C=O) groups excluding carboxylic acids is 2. The van der Waals surface area contributed by atoms with Gasteiger partial charge in [0.2, 0.25) is 0 Å². The Morgan fingerprint density at radius 2 is 1.69 bits per heavy atom. The number of carbonyl (C=O) groups is 2. The first-order valence-electron chi connectivity index (χ1n) is 12.1. The lowest BCUT2D eigenvalue weighted by Gasteiger charge is -2.20. The third kappa shape index (κ3) is 4.42. The van der Waals surface area contributed by atoms with E-state index in [1.807, 2.05) is 61.5 Å². The monoisotopic (exact) mass is 484 g/mol. The second-order valence-corrected chi connectivity index (χ2v) is 8.89. The van der Waals surface area contributed by atoms with Crippen molar-refractivity contribution in [1.82, 2.24) is 19.7 Å². The Balaban J connectivity index is 1.60. The van der Waals surface area contributed by atoms with Crippen LogP contribution in [0.25, 0.3) is 28.0 Å². The number of methoxy groups -OCH3 is 1. The van der Waals surface area contributed by atoms with Crippen LogP contribution in [0.5, 0.6) is 5.75 Å². The molecule has 0 radical (unpaired) electrons. The van der Waals surface area contributed by atoms with Crippen molar-refractivity contribution < 1.29 is 19.1 Å². The molecule has 1 aliphatic rings. The number of likely N-dealkylation sites (tertiary alicyclic amines) is 1. The first-order valence-corrected chi connectivity index (χ1v) is 12.1. The number of esters is 1. The van der Waals surface area contributed by atoms with Gasteiger partial charge in [-0.15, -0.1) is 0 Å². The first kappa shape index (κ1) is 23.5. The summed E-state index contributed by atoms with van der Waals surface area (Å²) in [4.78, 5) is 32.9. The molecule has 1 saturated heterocycles. The fourth-order valence-electron chi connectivity index (χ4n) is 4.58. The zero-order chi connectivity index (χ0) is 25.2. The Labute approximate surface area is 209 Å². The molecule has 1 atom stereocenters. The average molecular weight is 485 g/mol. The molecular weight excluding hydrogens is 456 g/mol. The zero-order valence-corrected chi connectivity index (χ0v) is 20.6. The standard InChI is InChI=1S/C28H28N4O4/c1-18-25-23(28(34)36-19(2)27(33)31-15-7-8-16-31)17-24(20-11-13-22(35-3)14-12-20)29-26(25)32(30-18)21-9-5-4-6-10-21/h4-6,9-14,17,19H,7-8,15-16H2,1-3H3. The van der Waals surface area contributed by atoms with Crippen LogP contribution in [0.15, 0.2) is 60.7 Å². The van der Waals surface area contributed by atoms with Crippen LogP contribution < -0.4 is 4.74 Å². The highest BCUT2D eigenvalue weighted by Crippen LogP contribution is 2.30. The van der Waals surface area contributed by atoms with Crippen LogP contribution in [-0.2, 0) is 9.53 Å². The van der Waals surface area contributed by atoms with Crippen molar-refractivity contribution >= 4 is 22.9 Å². The van der Waals surface area contributed by atoms with Crippen molar-refractivity contribution in [2.24, 2.45) is 0 Å². The maximum absolute atomic E-state index is 13.5. The fraction of sp³-hybridized carbons (Fsp3) is 0.286. The van der Waals surface area contributed by atoms with Crippen LogP contribution in [0, 0.1) is 6.92 Å². The van der Waals surface area contributed by atoms with Gasteiger partial charge in [-0.1, -0.05) is 18.2 Å². The summed E-state index contributed by atoms with van der Waals surface area (Å²) in [7, 11) is 1.61. The number of fused-ring (bicyclic) bond motifs is 1. The highest BCUT2D eigenvalue weighted by atomic mass is 16.5. The Morgan fingerprint density at radius 1 is 1.00 bits per heavy atom. The number of pyridine rings is 1. The molecule has 0 aliphatic carbocycles. The minimum atomic E-state index is -0.882. The third-order valence-corrected chi connectivity index (χ3v) is 6.47. The van der Waals surface area contributed by atoms with Crippen LogP contribution >= 0.6 is 0 Å². The molecule has 2 aromatic heterocycles. The van der Waals surface area contributed by atoms with Crippen LogP contribution in [-0.4, -0.2) is 57.8 Å². The van der Waals surface area contributed by atoms with Gasteiger partial charge >= 0.3 is 5.97 Å². The number of para-hydroxylation sites is 1. The molecule has 2 aromatic carbocycles. The quantitative estimate of drug-likeness (QED) is 0.373. The van der Waals surface area contributed by atoms with Crippen molar-refractivity contribution in [2.45, 2.75) is 32.8 Å². The lowest BCUT2D eigenvalue weighted by molar-refractivity contribution is -0.138. The van der Waals surface area contributed by atoms with E-state index >= 15 is 0 Å². The minimum Gasteiger partial charge on any atom is -0.497 e. The van der Waals surface area contributed by atoms with Crippen LogP contribution in [0.1, 0.15) is 35.8 Å². The van der Waals surface area contributed by atoms with Crippen molar-refractivity contribution in [1.29, 1.82) is 0 Å². The molecule has 1 amide bonds. The van der Waals surface area contributed by atoms with E-state index in [1.54, 1.807) is 29.7 Å². The summed E-state index contributed by atoms with van der Waals surface area (Å²) in [6, 6.07) is 18.8. The summed E-state index contributed by atoms with van der Waals surface area (Å²) < 4.78 is 12.7. The molecule has 1 aliphatic heterocycles. The number of aromatic nitrogens is 3. The van der Waals surface area contributed by atoms with Gasteiger partial charge in [-0.25, -0.2) is 14.5 Å². The Hall–Kier alpha value is -4.20. The maximum atomic E-state index is 13.5. The number of ether oxygens (including phenoxy) is 2. The van der Waals surface area contributed by atoms with Crippen molar-refractivity contribution in [3.63, 3.8) is 0 Å². The highest BCUT2D eigenvalue weighted by molar-refractivity contribution is 6.06. The predicted octanol–water partition coefficient (Wildman–Crippen LogP) is 4.57. The molecule has 36 heavy (non-hydrogen) atoms. The second-order valence-electron chi connectivity index (χ2n) is 8.89. The van der Waals surface area contributed by atoms with E-state index in [2.05, 4.69) is 0 Å². The van der Waals surface area contributed by atoms with Gasteiger partial charge < -0.3 is 14.4 Å². The normalized spacial score (nSPS) is 14.1. The number of amides is 1. The molecule has 0 N–H and O–H groups in total. The molecule has 3 heterocycles. The molecule has 5 rings (SSSR count). The summed E-state index contributed by atoms with van der Waals surface area (Å²) >= 11 is 0. The summed E-state index contributed by atoms with van der Waals surface area (Å²) in [5.74, 6) is -0.0231. The van der Waals surface area contributed by atoms with Crippen LogP contribution in [0.4, 0.5) is 0 Å². The van der Waals surface area contributed by atoms with Gasteiger partial charge in [-0.3, -0.25) is 4.79 Å². The van der Waals surface area contributed by atoms with E-state index in [9.17, 15) is 9.59 Å². The smallest absolute Gasteiger partial charge is 0.339 e. The fourth-order valence-corrected chi connectivity index (χ4v) is 4.58. The largest absolute Gasteiger partial charge is 0.497 e. The molecule has 0 bridgehead atoms. The zero-order valence-electron chi connectivity index (χ0n) is 20.6. The topological polar surface area (TPSA) is 86.5 Å². The summed E-state index contributed by atoms with van der Waals surface area (Å²) in [6.45, 7) is 4.86. The number of nitrogens with zero attached hydrogens (tertiary/aromatic N) is 4. The molecule has 0 spiro atoms. The van der Waals surface area contributed by atoms with Gasteiger partial charge in [0.1, 0.15) is 5.75 Å². The lowest BCUT2D eigenvalue weighted by atomic mass is 10.1. The molecule has 1 fully saturated rings. The minimum absolute atomic E-state index is 0.168. The number of aryl methyl sites for hydroxylation is 1. The maximum Gasteiger partial charge on any atom is 0.339 e. The van der Waals surface area contributed by atoms with E-state index in [0.29, 0.717) is 41.1 Å². The SMILES string of the molecule is COc1ccc(-c2cc(C(=O)OC(C)C(=O)N3CCCC3)c3c(C)nn(-c4ccccc4)c3n2)cc1. The Kier molecular flexibility index (Phi) is 6.41. The summed E-state index contributed by atoms with van der Waals surface area (Å²) in [5.41, 5.74) is 3.74. The summed E-state index contributed by atoms with van der Waals surface area (Å²) in [5, 5.41) is 5.29. The molecule has 184 valence electrons. The molecular formula is C28H28N4O4. The van der Waals surface area contributed by atoms with Crippen molar-refractivity contribution in [2.75, 3.05) is 20.2 Å². The highest BCUT2D eigenvalue weighted by Gasteiger charge is 2.28. The molecule has 8 heteroatoms. The number of benzene rings is 2. The first-order chi connectivity index (χ1) is 17.5. The van der Waals surface area contributed by atoms with Crippen LogP contribution in [0.2, 0.25) is 0 Å². The second kappa shape index (κ2) is 9.81. The number of rotatable bonds is 6. The van der Waals surface area contributed by atoms with Crippen molar-refractivity contribution in [3.8, 4) is 22.7 Å². The van der Waals surface area contributed by atoms with E-state index in [1.165, 1.54) is 0 Å². The van der Waals surface area contributed by atoms with Gasteiger partial charge in [0, 0.05) is 18.7 Å². The van der Waals surface area contributed by atoms with E-state index in [0.717, 1.165) is 29.8 Å². The third-order valence-electron chi connectivity index (χ3n) is 6.47. The molecule has 0 saturated carbocycles. The predicted molar refractivity (Wildman–Crippen MR) is 136 cm³/mol. The lowest BCUT2D eigenvalue weighted by Crippen LogP contribution is -2.38. The van der Waals surface area contributed by atoms with Gasteiger partial charge in [-0.2, -0.15) is 5.10 Å². The molecule has 1 unspecified atom stereocenters. The van der Waals surface area contributed by atoms with Gasteiger partial charge in [0.05, 0.1) is 35.1 Å². The average Bonchev–Trinajstić information content (AvgIpc) is 3.57. The number of hydrogen-bond acceptors (Lipinski definition) is 6. The van der Waals surface area contributed by atoms with Gasteiger partial charge in [-0.05, 0) is 69.2 Å².